The summed E-state index contributed by atoms with van der Waals surface area (Å²) in [6, 6.07) is 1.97. The number of ether oxygens (including phenoxy) is 1. The summed E-state index contributed by atoms with van der Waals surface area (Å²) in [6.07, 6.45) is 0.103. The van der Waals surface area contributed by atoms with Gasteiger partial charge in [-0.15, -0.1) is 11.3 Å². The molecule has 20 heavy (non-hydrogen) atoms. The van der Waals surface area contributed by atoms with Crippen LogP contribution in [0.5, 0.6) is 0 Å². The number of nitrogens with one attached hydrogen (secondary N) is 1. The number of hydrogen-bond donors (Lipinski definition) is 1. The molecule has 4 nitrogen and oxygen atoms in total. The van der Waals surface area contributed by atoms with E-state index in [1.807, 2.05) is 18.4 Å². The summed E-state index contributed by atoms with van der Waals surface area (Å²) in [5.74, 6) is 0.680. The SMILES string of the molecule is Cc1ccsc1C(=O)NC[C@@H]1CN(CC(C)C)CCO1. The first-order valence-electron chi connectivity index (χ1n) is 7.22. The molecular weight excluding hydrogens is 272 g/mol. The van der Waals surface area contributed by atoms with Gasteiger partial charge in [0.2, 0.25) is 0 Å². The van der Waals surface area contributed by atoms with Gasteiger partial charge in [-0.05, 0) is 29.9 Å². The second kappa shape index (κ2) is 7.20. The smallest absolute Gasteiger partial charge is 0.261 e. The molecule has 0 aromatic carbocycles. The largest absolute Gasteiger partial charge is 0.374 e. The highest BCUT2D eigenvalue weighted by atomic mass is 32.1. The van der Waals surface area contributed by atoms with E-state index >= 15 is 0 Å². The summed E-state index contributed by atoms with van der Waals surface area (Å²) in [5, 5.41) is 4.94. The van der Waals surface area contributed by atoms with Crippen LogP contribution in [0.3, 0.4) is 0 Å². The molecule has 5 heteroatoms. The number of amides is 1. The molecule has 0 radical (unpaired) electrons. The molecule has 1 fully saturated rings. The lowest BCUT2D eigenvalue weighted by Crippen LogP contribution is -2.48. The van der Waals surface area contributed by atoms with Gasteiger partial charge in [-0.2, -0.15) is 0 Å². The van der Waals surface area contributed by atoms with Crippen LogP contribution < -0.4 is 5.32 Å². The normalized spacial score (nSPS) is 20.3. The lowest BCUT2D eigenvalue weighted by molar-refractivity contribution is -0.0295. The summed E-state index contributed by atoms with van der Waals surface area (Å²) in [5.41, 5.74) is 1.04. The zero-order chi connectivity index (χ0) is 14.5. The Kier molecular flexibility index (Phi) is 5.57. The van der Waals surface area contributed by atoms with Crippen molar-refractivity contribution < 1.29 is 9.53 Å². The highest BCUT2D eigenvalue weighted by Gasteiger charge is 2.22. The minimum atomic E-state index is 0.0158. The molecule has 2 heterocycles. The molecular formula is C15H24N2O2S. The van der Waals surface area contributed by atoms with Crippen molar-refractivity contribution in [2.45, 2.75) is 26.9 Å². The van der Waals surface area contributed by atoms with Crippen LogP contribution in [0, 0.1) is 12.8 Å². The Balaban J connectivity index is 1.79. The second-order valence-corrected chi connectivity index (χ2v) is 6.71. The Bertz CT molecular complexity index is 445. The lowest BCUT2D eigenvalue weighted by atomic mass is 10.2. The quantitative estimate of drug-likeness (QED) is 0.905. The summed E-state index contributed by atoms with van der Waals surface area (Å²) in [6.45, 7) is 10.8. The molecule has 0 unspecified atom stereocenters. The maximum Gasteiger partial charge on any atom is 0.261 e. The van der Waals surface area contributed by atoms with Crippen molar-refractivity contribution in [3.63, 3.8) is 0 Å². The Hall–Kier alpha value is -0.910. The fourth-order valence-electron chi connectivity index (χ4n) is 2.48. The highest BCUT2D eigenvalue weighted by Crippen LogP contribution is 2.15. The molecule has 2 rings (SSSR count). The summed E-state index contributed by atoms with van der Waals surface area (Å²) >= 11 is 1.49. The predicted octanol–water partition coefficient (Wildman–Crippen LogP) is 2.14. The molecule has 0 aliphatic carbocycles. The van der Waals surface area contributed by atoms with E-state index in [0.29, 0.717) is 12.5 Å². The third kappa shape index (κ3) is 4.30. The van der Waals surface area contributed by atoms with Crippen LogP contribution in [-0.4, -0.2) is 49.7 Å². The fourth-order valence-corrected chi connectivity index (χ4v) is 3.32. The van der Waals surface area contributed by atoms with E-state index in [0.717, 1.165) is 36.7 Å². The van der Waals surface area contributed by atoms with Crippen LogP contribution in [0.4, 0.5) is 0 Å². The third-order valence-electron chi connectivity index (χ3n) is 3.40. The van der Waals surface area contributed by atoms with Gasteiger partial charge in [-0.1, -0.05) is 13.8 Å². The molecule has 1 aromatic heterocycles. The number of carbonyl (C=O) groups is 1. The van der Waals surface area contributed by atoms with Crippen molar-refractivity contribution in [3.05, 3.63) is 21.9 Å². The van der Waals surface area contributed by atoms with Gasteiger partial charge >= 0.3 is 0 Å². The predicted molar refractivity (Wildman–Crippen MR) is 82.4 cm³/mol. The molecule has 1 atom stereocenters. The van der Waals surface area contributed by atoms with Crippen LogP contribution in [-0.2, 0) is 4.74 Å². The number of aryl methyl sites for hydroxylation is 1. The zero-order valence-electron chi connectivity index (χ0n) is 12.5. The summed E-state index contributed by atoms with van der Waals surface area (Å²) in [4.78, 5) is 15.3. The molecule has 1 N–H and O–H groups in total. The van der Waals surface area contributed by atoms with Gasteiger partial charge in [0.15, 0.2) is 0 Å². The number of rotatable bonds is 5. The van der Waals surface area contributed by atoms with E-state index < -0.39 is 0 Å². The van der Waals surface area contributed by atoms with E-state index in [2.05, 4.69) is 24.1 Å². The van der Waals surface area contributed by atoms with Gasteiger partial charge in [-0.25, -0.2) is 0 Å². The van der Waals surface area contributed by atoms with Gasteiger partial charge in [0.1, 0.15) is 0 Å². The molecule has 1 aliphatic rings. The number of morpholine rings is 1. The van der Waals surface area contributed by atoms with Crippen molar-refractivity contribution in [2.24, 2.45) is 5.92 Å². The molecule has 0 saturated carbocycles. The Labute approximate surface area is 125 Å². The van der Waals surface area contributed by atoms with Crippen molar-refractivity contribution in [1.29, 1.82) is 0 Å². The Morgan fingerprint density at radius 3 is 3.05 bits per heavy atom. The number of hydrogen-bond acceptors (Lipinski definition) is 4. The van der Waals surface area contributed by atoms with E-state index in [1.165, 1.54) is 11.3 Å². The van der Waals surface area contributed by atoms with Crippen molar-refractivity contribution in [1.82, 2.24) is 10.2 Å². The molecule has 1 amide bonds. The number of nitrogens with zero attached hydrogens (tertiary/aromatic N) is 1. The van der Waals surface area contributed by atoms with Crippen LogP contribution in [0.1, 0.15) is 29.1 Å². The zero-order valence-corrected chi connectivity index (χ0v) is 13.3. The van der Waals surface area contributed by atoms with Crippen molar-refractivity contribution in [2.75, 3.05) is 32.8 Å². The maximum absolute atomic E-state index is 12.1. The molecule has 0 bridgehead atoms. The molecule has 0 spiro atoms. The van der Waals surface area contributed by atoms with Crippen LogP contribution >= 0.6 is 11.3 Å². The first-order valence-corrected chi connectivity index (χ1v) is 8.10. The monoisotopic (exact) mass is 296 g/mol. The van der Waals surface area contributed by atoms with E-state index in [1.54, 1.807) is 0 Å². The maximum atomic E-state index is 12.1. The minimum absolute atomic E-state index is 0.0158. The lowest BCUT2D eigenvalue weighted by Gasteiger charge is -2.33. The summed E-state index contributed by atoms with van der Waals surface area (Å²) < 4.78 is 5.73. The Morgan fingerprint density at radius 1 is 1.60 bits per heavy atom. The average molecular weight is 296 g/mol. The topological polar surface area (TPSA) is 41.6 Å². The van der Waals surface area contributed by atoms with Gasteiger partial charge < -0.3 is 10.1 Å². The van der Waals surface area contributed by atoms with Gasteiger partial charge in [-0.3, -0.25) is 9.69 Å². The minimum Gasteiger partial charge on any atom is -0.374 e. The van der Waals surface area contributed by atoms with E-state index in [-0.39, 0.29) is 12.0 Å². The van der Waals surface area contributed by atoms with Gasteiger partial charge in [0, 0.05) is 26.2 Å². The van der Waals surface area contributed by atoms with Gasteiger partial charge in [0.05, 0.1) is 17.6 Å². The standard InChI is InChI=1S/C15H24N2O2S/c1-11(2)9-17-5-6-19-13(10-17)8-16-15(18)14-12(3)4-7-20-14/h4,7,11,13H,5-6,8-10H2,1-3H3,(H,16,18)/t13-/m1/s1. The van der Waals surface area contributed by atoms with Crippen molar-refractivity contribution in [3.8, 4) is 0 Å². The number of thiophene rings is 1. The molecule has 1 aromatic rings. The molecule has 1 saturated heterocycles. The fraction of sp³-hybridized carbons (Fsp3) is 0.667. The van der Waals surface area contributed by atoms with Crippen LogP contribution in [0.15, 0.2) is 11.4 Å². The van der Waals surface area contributed by atoms with E-state index in [9.17, 15) is 4.79 Å². The second-order valence-electron chi connectivity index (χ2n) is 5.79. The first-order chi connectivity index (χ1) is 9.56. The molecule has 1 aliphatic heterocycles. The van der Waals surface area contributed by atoms with Crippen molar-refractivity contribution >= 4 is 17.2 Å². The Morgan fingerprint density at radius 2 is 2.40 bits per heavy atom. The van der Waals surface area contributed by atoms with E-state index in [4.69, 9.17) is 4.74 Å². The third-order valence-corrected chi connectivity index (χ3v) is 4.42. The molecule has 112 valence electrons. The highest BCUT2D eigenvalue weighted by molar-refractivity contribution is 7.12. The average Bonchev–Trinajstić information content (AvgIpc) is 2.82. The number of carbonyl (C=O) groups excluding carboxylic acids is 1. The summed E-state index contributed by atoms with van der Waals surface area (Å²) in [7, 11) is 0. The van der Waals surface area contributed by atoms with Crippen LogP contribution in [0.25, 0.3) is 0 Å². The van der Waals surface area contributed by atoms with Gasteiger partial charge in [0.25, 0.3) is 5.91 Å². The first kappa shape index (κ1) is 15.5. The van der Waals surface area contributed by atoms with Crippen LogP contribution in [0.2, 0.25) is 0 Å².